The maximum absolute atomic E-state index is 6.05. The number of pyridine rings is 1. The standard InChI is InChI=1S/C18H19ClN4O3/c1-11(9-26-18-13(19)5-4-6-20-18)23-17-12-7-15(24-2)16(25-3)8-14(12)21-10-22-17/h4-8,10-11H,9H2,1-3H3,(H,21,22,23). The summed E-state index contributed by atoms with van der Waals surface area (Å²) < 4.78 is 16.4. The van der Waals surface area contributed by atoms with Crippen molar-refractivity contribution in [1.29, 1.82) is 0 Å². The molecule has 0 spiro atoms. The van der Waals surface area contributed by atoms with Gasteiger partial charge in [-0.1, -0.05) is 11.6 Å². The summed E-state index contributed by atoms with van der Waals surface area (Å²) in [6.45, 7) is 2.35. The second-order valence-electron chi connectivity index (χ2n) is 5.59. The number of benzene rings is 1. The third-order valence-electron chi connectivity index (χ3n) is 3.72. The average Bonchev–Trinajstić information content (AvgIpc) is 2.66. The van der Waals surface area contributed by atoms with E-state index in [2.05, 4.69) is 20.3 Å². The largest absolute Gasteiger partial charge is 0.493 e. The molecule has 0 radical (unpaired) electrons. The molecule has 0 fully saturated rings. The molecule has 0 aliphatic carbocycles. The number of aromatic nitrogens is 3. The molecule has 8 heteroatoms. The maximum Gasteiger partial charge on any atom is 0.232 e. The first-order chi connectivity index (χ1) is 12.6. The Labute approximate surface area is 156 Å². The smallest absolute Gasteiger partial charge is 0.232 e. The summed E-state index contributed by atoms with van der Waals surface area (Å²) in [5, 5.41) is 4.62. The van der Waals surface area contributed by atoms with E-state index < -0.39 is 0 Å². The molecule has 26 heavy (non-hydrogen) atoms. The van der Waals surface area contributed by atoms with E-state index >= 15 is 0 Å². The number of ether oxygens (including phenoxy) is 3. The van der Waals surface area contributed by atoms with Gasteiger partial charge in [0.05, 0.1) is 25.8 Å². The van der Waals surface area contributed by atoms with Crippen LogP contribution in [0.1, 0.15) is 6.92 Å². The Kier molecular flexibility index (Phi) is 5.58. The maximum atomic E-state index is 6.05. The van der Waals surface area contributed by atoms with Crippen molar-refractivity contribution in [3.05, 3.63) is 41.8 Å². The molecule has 1 N–H and O–H groups in total. The zero-order chi connectivity index (χ0) is 18.5. The Balaban J connectivity index is 1.78. The minimum Gasteiger partial charge on any atom is -0.493 e. The van der Waals surface area contributed by atoms with Crippen molar-refractivity contribution >= 4 is 28.3 Å². The van der Waals surface area contributed by atoms with Crippen molar-refractivity contribution in [3.63, 3.8) is 0 Å². The second kappa shape index (κ2) is 8.05. The number of nitrogens with zero attached hydrogens (tertiary/aromatic N) is 3. The van der Waals surface area contributed by atoms with Crippen LogP contribution in [0.2, 0.25) is 5.02 Å². The Morgan fingerprint density at radius 2 is 1.88 bits per heavy atom. The van der Waals surface area contributed by atoms with Crippen molar-refractivity contribution < 1.29 is 14.2 Å². The van der Waals surface area contributed by atoms with Crippen LogP contribution in [0.5, 0.6) is 17.4 Å². The Bertz CT molecular complexity index is 907. The third-order valence-corrected chi connectivity index (χ3v) is 4.01. The first-order valence-corrected chi connectivity index (χ1v) is 8.36. The molecule has 0 saturated heterocycles. The molecule has 1 aromatic carbocycles. The van der Waals surface area contributed by atoms with Crippen LogP contribution < -0.4 is 19.5 Å². The molecule has 0 aliphatic heterocycles. The summed E-state index contributed by atoms with van der Waals surface area (Å²) in [7, 11) is 3.18. The molecule has 2 heterocycles. The van der Waals surface area contributed by atoms with Gasteiger partial charge in [0, 0.05) is 17.6 Å². The Hall–Kier alpha value is -2.80. The Morgan fingerprint density at radius 3 is 2.62 bits per heavy atom. The molecule has 0 bridgehead atoms. The van der Waals surface area contributed by atoms with Gasteiger partial charge >= 0.3 is 0 Å². The fourth-order valence-electron chi connectivity index (χ4n) is 2.45. The van der Waals surface area contributed by atoms with Crippen LogP contribution in [0.25, 0.3) is 10.9 Å². The molecular weight excluding hydrogens is 356 g/mol. The van der Waals surface area contributed by atoms with E-state index in [1.165, 1.54) is 6.33 Å². The molecule has 2 aromatic heterocycles. The summed E-state index contributed by atoms with van der Waals surface area (Å²) in [5.74, 6) is 2.31. The van der Waals surface area contributed by atoms with Gasteiger partial charge in [-0.25, -0.2) is 15.0 Å². The van der Waals surface area contributed by atoms with Gasteiger partial charge in [-0.05, 0) is 25.1 Å². The van der Waals surface area contributed by atoms with Crippen LogP contribution in [0.15, 0.2) is 36.8 Å². The normalized spacial score (nSPS) is 11.8. The first kappa shape index (κ1) is 18.0. The molecule has 1 unspecified atom stereocenters. The lowest BCUT2D eigenvalue weighted by molar-refractivity contribution is 0.292. The summed E-state index contributed by atoms with van der Waals surface area (Å²) >= 11 is 6.05. The van der Waals surface area contributed by atoms with Gasteiger partial charge in [0.2, 0.25) is 5.88 Å². The summed E-state index contributed by atoms with van der Waals surface area (Å²) in [4.78, 5) is 12.7. The van der Waals surface area contributed by atoms with Gasteiger partial charge in [0.25, 0.3) is 0 Å². The van der Waals surface area contributed by atoms with E-state index in [0.717, 1.165) is 10.9 Å². The Morgan fingerprint density at radius 1 is 1.12 bits per heavy atom. The topological polar surface area (TPSA) is 78.4 Å². The molecule has 7 nitrogen and oxygen atoms in total. The number of fused-ring (bicyclic) bond motifs is 1. The summed E-state index contributed by atoms with van der Waals surface area (Å²) in [5.41, 5.74) is 0.751. The van der Waals surface area contributed by atoms with Crippen molar-refractivity contribution in [2.24, 2.45) is 0 Å². The molecule has 3 aromatic rings. The molecule has 3 rings (SSSR count). The van der Waals surface area contributed by atoms with Crippen molar-refractivity contribution in [3.8, 4) is 17.4 Å². The lowest BCUT2D eigenvalue weighted by Crippen LogP contribution is -2.24. The molecule has 136 valence electrons. The molecule has 0 saturated carbocycles. The summed E-state index contributed by atoms with van der Waals surface area (Å²) in [6.07, 6.45) is 3.14. The number of halogens is 1. The van der Waals surface area contributed by atoms with Crippen molar-refractivity contribution in [1.82, 2.24) is 15.0 Å². The van der Waals surface area contributed by atoms with E-state index in [1.807, 2.05) is 19.1 Å². The molecule has 1 atom stereocenters. The number of hydrogen-bond acceptors (Lipinski definition) is 7. The van der Waals surface area contributed by atoms with Crippen molar-refractivity contribution in [2.75, 3.05) is 26.1 Å². The zero-order valence-corrected chi connectivity index (χ0v) is 15.4. The number of anilines is 1. The fourth-order valence-corrected chi connectivity index (χ4v) is 2.63. The first-order valence-electron chi connectivity index (χ1n) is 7.99. The van der Waals surface area contributed by atoms with Crippen LogP contribution in [0.3, 0.4) is 0 Å². The highest BCUT2D eigenvalue weighted by atomic mass is 35.5. The number of nitrogens with one attached hydrogen (secondary N) is 1. The van der Waals surface area contributed by atoms with Gasteiger partial charge in [-0.2, -0.15) is 0 Å². The number of methoxy groups -OCH3 is 2. The van der Waals surface area contributed by atoms with Gasteiger partial charge in [0.15, 0.2) is 11.5 Å². The van der Waals surface area contributed by atoms with Gasteiger partial charge in [0.1, 0.15) is 23.8 Å². The van der Waals surface area contributed by atoms with Crippen molar-refractivity contribution in [2.45, 2.75) is 13.0 Å². The minimum absolute atomic E-state index is 0.0423. The highest BCUT2D eigenvalue weighted by Gasteiger charge is 2.13. The SMILES string of the molecule is COc1cc2ncnc(NC(C)COc3ncccc3Cl)c2cc1OC. The third kappa shape index (κ3) is 3.88. The predicted molar refractivity (Wildman–Crippen MR) is 100 cm³/mol. The number of hydrogen-bond donors (Lipinski definition) is 1. The molecular formula is C18H19ClN4O3. The minimum atomic E-state index is -0.0423. The van der Waals surface area contributed by atoms with Gasteiger partial charge in [-0.15, -0.1) is 0 Å². The highest BCUT2D eigenvalue weighted by molar-refractivity contribution is 6.31. The number of rotatable bonds is 7. The molecule has 0 amide bonds. The summed E-state index contributed by atoms with van der Waals surface area (Å²) in [6, 6.07) is 7.11. The van der Waals surface area contributed by atoms with Crippen LogP contribution in [-0.4, -0.2) is 41.8 Å². The van der Waals surface area contributed by atoms with E-state index in [9.17, 15) is 0 Å². The second-order valence-corrected chi connectivity index (χ2v) is 6.00. The highest BCUT2D eigenvalue weighted by Crippen LogP contribution is 2.33. The zero-order valence-electron chi connectivity index (χ0n) is 14.7. The van der Waals surface area contributed by atoms with Crippen LogP contribution >= 0.6 is 11.6 Å². The quantitative estimate of drug-likeness (QED) is 0.677. The van der Waals surface area contributed by atoms with Crippen LogP contribution in [-0.2, 0) is 0 Å². The van der Waals surface area contributed by atoms with Crippen LogP contribution in [0.4, 0.5) is 5.82 Å². The van der Waals surface area contributed by atoms with E-state index in [4.69, 9.17) is 25.8 Å². The molecule has 0 aliphatic rings. The van der Waals surface area contributed by atoms with E-state index in [-0.39, 0.29) is 6.04 Å². The van der Waals surface area contributed by atoms with Gasteiger partial charge < -0.3 is 19.5 Å². The van der Waals surface area contributed by atoms with Gasteiger partial charge in [-0.3, -0.25) is 0 Å². The van der Waals surface area contributed by atoms with E-state index in [0.29, 0.717) is 34.8 Å². The monoisotopic (exact) mass is 374 g/mol. The lowest BCUT2D eigenvalue weighted by Gasteiger charge is -2.17. The average molecular weight is 375 g/mol. The van der Waals surface area contributed by atoms with E-state index in [1.54, 1.807) is 32.5 Å². The fraction of sp³-hybridized carbons (Fsp3) is 0.278. The van der Waals surface area contributed by atoms with Crippen LogP contribution in [0, 0.1) is 0 Å². The lowest BCUT2D eigenvalue weighted by atomic mass is 10.2. The predicted octanol–water partition coefficient (Wildman–Crippen LogP) is 3.57.